The van der Waals surface area contributed by atoms with Crippen LogP contribution in [-0.2, 0) is 14.8 Å². The van der Waals surface area contributed by atoms with Crippen molar-refractivity contribution in [2.75, 3.05) is 5.32 Å². The molecule has 2 amide bonds. The molecule has 1 aliphatic carbocycles. The summed E-state index contributed by atoms with van der Waals surface area (Å²) in [6.45, 7) is 0. The first-order valence-corrected chi connectivity index (χ1v) is 9.94. The molecule has 0 saturated carbocycles. The van der Waals surface area contributed by atoms with Crippen LogP contribution in [0.2, 0.25) is 0 Å². The summed E-state index contributed by atoms with van der Waals surface area (Å²) in [4.78, 5) is 28.9. The molecule has 2 aromatic rings. The van der Waals surface area contributed by atoms with E-state index < -0.39 is 15.9 Å². The molecule has 0 spiro atoms. The minimum absolute atomic E-state index is 0.108. The second kappa shape index (κ2) is 8.15. The average Bonchev–Trinajstić information content (AvgIpc) is 2.68. The minimum Gasteiger partial charge on any atom is -0.325 e. The number of hydrogen-bond acceptors (Lipinski definition) is 5. The fourth-order valence-corrected chi connectivity index (χ4v) is 3.22. The number of sulfonamides is 1. The molecule has 9 heteroatoms. The topological polar surface area (TPSA) is 131 Å². The largest absolute Gasteiger partial charge is 0.325 e. The maximum atomic E-state index is 12.7. The van der Waals surface area contributed by atoms with E-state index in [0.29, 0.717) is 29.7 Å². The number of nitrogens with zero attached hydrogens (tertiary/aromatic N) is 1. The van der Waals surface area contributed by atoms with E-state index >= 15 is 0 Å². The summed E-state index contributed by atoms with van der Waals surface area (Å²) in [5.41, 5.74) is 1.44. The molecular formula is C19H18N4O4S. The Bertz CT molecular complexity index is 1080. The lowest BCUT2D eigenvalue weighted by Gasteiger charge is -2.17. The third-order valence-electron chi connectivity index (χ3n) is 4.02. The van der Waals surface area contributed by atoms with Gasteiger partial charge in [-0.2, -0.15) is 0 Å². The van der Waals surface area contributed by atoms with Gasteiger partial charge < -0.3 is 10.6 Å². The van der Waals surface area contributed by atoms with Crippen LogP contribution in [0.3, 0.4) is 0 Å². The highest BCUT2D eigenvalue weighted by atomic mass is 32.2. The van der Waals surface area contributed by atoms with Crippen molar-refractivity contribution >= 4 is 27.5 Å². The summed E-state index contributed by atoms with van der Waals surface area (Å²) < 4.78 is 22.9. The van der Waals surface area contributed by atoms with Crippen LogP contribution in [0, 0.1) is 0 Å². The van der Waals surface area contributed by atoms with Crippen LogP contribution in [0.1, 0.15) is 23.2 Å². The average molecular weight is 398 g/mol. The summed E-state index contributed by atoms with van der Waals surface area (Å²) in [6.07, 6.45) is 7.63. The van der Waals surface area contributed by atoms with Gasteiger partial charge in [-0.25, -0.2) is 13.6 Å². The van der Waals surface area contributed by atoms with Crippen molar-refractivity contribution in [3.8, 4) is 0 Å². The molecule has 144 valence electrons. The molecule has 0 aliphatic heterocycles. The van der Waals surface area contributed by atoms with Crippen molar-refractivity contribution in [3.05, 3.63) is 77.8 Å². The Morgan fingerprint density at radius 1 is 1.07 bits per heavy atom. The van der Waals surface area contributed by atoms with Gasteiger partial charge in [0.05, 0.1) is 16.0 Å². The molecule has 0 radical (unpaired) electrons. The van der Waals surface area contributed by atoms with Crippen molar-refractivity contribution in [3.63, 3.8) is 0 Å². The maximum absolute atomic E-state index is 12.7. The molecule has 1 heterocycles. The zero-order chi connectivity index (χ0) is 20.1. The highest BCUT2D eigenvalue weighted by Gasteiger charge is 2.19. The van der Waals surface area contributed by atoms with Crippen LogP contribution in [0.4, 0.5) is 5.69 Å². The van der Waals surface area contributed by atoms with E-state index in [1.165, 1.54) is 24.4 Å². The van der Waals surface area contributed by atoms with Crippen LogP contribution in [0.5, 0.6) is 0 Å². The molecular weight excluding hydrogens is 380 g/mol. The number of amides is 2. The van der Waals surface area contributed by atoms with Crippen molar-refractivity contribution in [2.24, 2.45) is 5.14 Å². The maximum Gasteiger partial charge on any atom is 0.257 e. The van der Waals surface area contributed by atoms with Gasteiger partial charge in [-0.15, -0.1) is 0 Å². The number of hydrogen-bond donors (Lipinski definition) is 3. The highest BCUT2D eigenvalue weighted by Crippen LogP contribution is 2.20. The third kappa shape index (κ3) is 4.70. The smallest absolute Gasteiger partial charge is 0.257 e. The summed E-state index contributed by atoms with van der Waals surface area (Å²) in [7, 11) is -3.88. The Morgan fingerprint density at radius 2 is 1.89 bits per heavy atom. The lowest BCUT2D eigenvalue weighted by atomic mass is 10.0. The number of rotatable bonds is 5. The third-order valence-corrected chi connectivity index (χ3v) is 4.93. The molecule has 28 heavy (non-hydrogen) atoms. The van der Waals surface area contributed by atoms with Gasteiger partial charge in [0, 0.05) is 23.8 Å². The lowest BCUT2D eigenvalue weighted by molar-refractivity contribution is -0.112. The number of pyridine rings is 1. The van der Waals surface area contributed by atoms with E-state index in [1.54, 1.807) is 30.5 Å². The number of aromatic nitrogens is 1. The van der Waals surface area contributed by atoms with Crippen LogP contribution < -0.4 is 15.8 Å². The van der Waals surface area contributed by atoms with Crippen LogP contribution in [0.15, 0.2) is 77.1 Å². The predicted octanol–water partition coefficient (Wildman–Crippen LogP) is 1.70. The first kappa shape index (κ1) is 19.5. The summed E-state index contributed by atoms with van der Waals surface area (Å²) in [5, 5.41) is 10.5. The Balaban J connectivity index is 1.82. The highest BCUT2D eigenvalue weighted by molar-refractivity contribution is 7.89. The van der Waals surface area contributed by atoms with Gasteiger partial charge in [0.1, 0.15) is 0 Å². The van der Waals surface area contributed by atoms with Crippen LogP contribution in [0.25, 0.3) is 0 Å². The number of benzene rings is 1. The van der Waals surface area contributed by atoms with Crippen molar-refractivity contribution < 1.29 is 18.0 Å². The van der Waals surface area contributed by atoms with Gasteiger partial charge >= 0.3 is 0 Å². The molecule has 0 saturated heterocycles. The minimum atomic E-state index is -3.88. The van der Waals surface area contributed by atoms with Crippen molar-refractivity contribution in [1.82, 2.24) is 10.3 Å². The monoisotopic (exact) mass is 398 g/mol. The molecule has 0 fully saturated rings. The molecule has 3 rings (SSSR count). The first-order valence-electron chi connectivity index (χ1n) is 8.40. The second-order valence-electron chi connectivity index (χ2n) is 6.06. The van der Waals surface area contributed by atoms with Gasteiger partial charge in [0.15, 0.2) is 0 Å². The van der Waals surface area contributed by atoms with E-state index in [9.17, 15) is 18.0 Å². The molecule has 1 aromatic heterocycles. The quantitative estimate of drug-likeness (QED) is 0.705. The molecule has 1 aromatic carbocycles. The zero-order valence-corrected chi connectivity index (χ0v) is 15.6. The van der Waals surface area contributed by atoms with Gasteiger partial charge in [0.25, 0.3) is 11.8 Å². The lowest BCUT2D eigenvalue weighted by Crippen LogP contribution is -2.28. The van der Waals surface area contributed by atoms with Crippen LogP contribution >= 0.6 is 0 Å². The van der Waals surface area contributed by atoms with E-state index in [2.05, 4.69) is 15.6 Å². The number of primary sulfonamides is 1. The Morgan fingerprint density at radius 3 is 2.61 bits per heavy atom. The molecule has 0 bridgehead atoms. The fourth-order valence-electron chi connectivity index (χ4n) is 2.66. The molecule has 4 N–H and O–H groups in total. The first-order chi connectivity index (χ1) is 13.3. The molecule has 1 aliphatic rings. The molecule has 0 atom stereocenters. The molecule has 0 unspecified atom stereocenters. The van der Waals surface area contributed by atoms with Gasteiger partial charge in [-0.1, -0.05) is 18.2 Å². The van der Waals surface area contributed by atoms with Gasteiger partial charge in [-0.05, 0) is 43.2 Å². The number of carbonyl (C=O) groups is 2. The SMILES string of the molecule is NS(=O)(=O)c1cccc(NC(=O)C2=C(NC(=O)c3cccnc3)CCC=C2)c1. The summed E-state index contributed by atoms with van der Waals surface area (Å²) in [6, 6.07) is 8.91. The van der Waals surface area contributed by atoms with Crippen molar-refractivity contribution in [2.45, 2.75) is 17.7 Å². The number of nitrogens with two attached hydrogens (primary N) is 1. The summed E-state index contributed by atoms with van der Waals surface area (Å²) >= 11 is 0. The van der Waals surface area contributed by atoms with Crippen LogP contribution in [-0.4, -0.2) is 25.2 Å². The molecule has 8 nitrogen and oxygen atoms in total. The fraction of sp³-hybridized carbons (Fsp3) is 0.105. The predicted molar refractivity (Wildman–Crippen MR) is 104 cm³/mol. The van der Waals surface area contributed by atoms with Gasteiger partial charge in [0.2, 0.25) is 10.0 Å². The van der Waals surface area contributed by atoms with Gasteiger partial charge in [-0.3, -0.25) is 14.6 Å². The van der Waals surface area contributed by atoms with E-state index in [0.717, 1.165) is 0 Å². The second-order valence-corrected chi connectivity index (χ2v) is 7.62. The standard InChI is InChI=1S/C19H18N4O4S/c20-28(26,27)15-7-3-6-14(11-15)22-19(25)16-8-1-2-9-17(16)23-18(24)13-5-4-10-21-12-13/h1,3-8,10-12H,2,9H2,(H,22,25)(H,23,24)(H2,20,26,27). The Hall–Kier alpha value is -3.30. The zero-order valence-electron chi connectivity index (χ0n) is 14.8. The summed E-state index contributed by atoms with van der Waals surface area (Å²) in [5.74, 6) is -0.830. The number of carbonyl (C=O) groups excluding carboxylic acids is 2. The number of allylic oxidation sites excluding steroid dienone is 2. The Labute approximate surface area is 162 Å². The van der Waals surface area contributed by atoms with E-state index in [-0.39, 0.29) is 16.5 Å². The van der Waals surface area contributed by atoms with E-state index in [1.807, 2.05) is 6.08 Å². The van der Waals surface area contributed by atoms with Crippen molar-refractivity contribution in [1.29, 1.82) is 0 Å². The number of nitrogens with one attached hydrogen (secondary N) is 2. The Kier molecular flexibility index (Phi) is 5.67. The van der Waals surface area contributed by atoms with E-state index in [4.69, 9.17) is 5.14 Å². The normalized spacial score (nSPS) is 13.9. The number of anilines is 1.